The van der Waals surface area contributed by atoms with Gasteiger partial charge in [-0.3, -0.25) is 14.5 Å². The number of nitrogens with zero attached hydrogens (tertiary/aromatic N) is 2. The molecule has 6 heteroatoms. The van der Waals surface area contributed by atoms with E-state index in [1.807, 2.05) is 37.3 Å². The van der Waals surface area contributed by atoms with Crippen molar-refractivity contribution in [2.24, 2.45) is 4.99 Å². The molecule has 2 amide bonds. The molecule has 1 heterocycles. The van der Waals surface area contributed by atoms with Gasteiger partial charge in [-0.05, 0) is 25.5 Å². The monoisotopic (exact) mass is 333 g/mol. The Bertz CT molecular complexity index is 574. The van der Waals surface area contributed by atoms with Gasteiger partial charge in [0.15, 0.2) is 5.17 Å². The fourth-order valence-electron chi connectivity index (χ4n) is 2.30. The van der Waals surface area contributed by atoms with Crippen molar-refractivity contribution in [3.8, 4) is 0 Å². The normalized spacial score (nSPS) is 19.4. The first-order valence-electron chi connectivity index (χ1n) is 8.04. The quantitative estimate of drug-likeness (QED) is 0.834. The van der Waals surface area contributed by atoms with Crippen molar-refractivity contribution in [2.75, 3.05) is 13.1 Å². The maximum Gasteiger partial charge on any atom is 0.242 e. The van der Waals surface area contributed by atoms with Gasteiger partial charge >= 0.3 is 0 Å². The van der Waals surface area contributed by atoms with E-state index in [0.29, 0.717) is 18.3 Å². The topological polar surface area (TPSA) is 61.8 Å². The molecule has 1 atom stereocenters. The van der Waals surface area contributed by atoms with Gasteiger partial charge < -0.3 is 5.32 Å². The molecule has 1 N–H and O–H groups in total. The van der Waals surface area contributed by atoms with E-state index >= 15 is 0 Å². The minimum Gasteiger partial charge on any atom is -0.356 e. The SMILES string of the molecule is CCCCN1C(=O)[C@H](CC(=O)NCC)SC1=Nc1ccccc1. The molecule has 1 fully saturated rings. The van der Waals surface area contributed by atoms with Crippen LogP contribution in [0.2, 0.25) is 0 Å². The average Bonchev–Trinajstić information content (AvgIpc) is 2.82. The van der Waals surface area contributed by atoms with Crippen molar-refractivity contribution >= 4 is 34.4 Å². The van der Waals surface area contributed by atoms with E-state index < -0.39 is 0 Å². The summed E-state index contributed by atoms with van der Waals surface area (Å²) in [5.41, 5.74) is 0.822. The van der Waals surface area contributed by atoms with E-state index in [2.05, 4.69) is 17.2 Å². The van der Waals surface area contributed by atoms with Crippen LogP contribution in [-0.4, -0.2) is 40.2 Å². The molecule has 1 aliphatic rings. The third kappa shape index (κ3) is 4.82. The molecule has 5 nitrogen and oxygen atoms in total. The first kappa shape index (κ1) is 17.5. The van der Waals surface area contributed by atoms with Crippen LogP contribution in [-0.2, 0) is 9.59 Å². The number of rotatable bonds is 7. The minimum absolute atomic E-state index is 0.00983. The molecular formula is C17H23N3O2S. The lowest BCUT2D eigenvalue weighted by molar-refractivity contribution is -0.129. The summed E-state index contributed by atoms with van der Waals surface area (Å²) in [6.45, 7) is 5.19. The molecule has 1 aliphatic heterocycles. The summed E-state index contributed by atoms with van der Waals surface area (Å²) in [5, 5.41) is 3.08. The Morgan fingerprint density at radius 3 is 2.70 bits per heavy atom. The standard InChI is InChI=1S/C17H23N3O2S/c1-3-5-11-20-16(22)14(12-15(21)18-4-2)23-17(20)19-13-9-7-6-8-10-13/h6-10,14H,3-5,11-12H2,1-2H3,(H,18,21)/t14-/m0/s1. The lowest BCUT2D eigenvalue weighted by Gasteiger charge is -2.15. The summed E-state index contributed by atoms with van der Waals surface area (Å²) < 4.78 is 0. The van der Waals surface area contributed by atoms with Gasteiger partial charge in [0.05, 0.1) is 5.69 Å². The molecule has 0 bridgehead atoms. The Morgan fingerprint density at radius 2 is 2.04 bits per heavy atom. The van der Waals surface area contributed by atoms with Crippen LogP contribution in [0, 0.1) is 0 Å². The number of thioether (sulfide) groups is 1. The second-order valence-corrected chi connectivity index (χ2v) is 6.51. The van der Waals surface area contributed by atoms with Crippen LogP contribution >= 0.6 is 11.8 Å². The Kier molecular flexibility index (Phi) is 6.65. The smallest absolute Gasteiger partial charge is 0.242 e. The van der Waals surface area contributed by atoms with Gasteiger partial charge in [-0.1, -0.05) is 43.3 Å². The molecule has 0 spiro atoms. The number of amidine groups is 1. The number of aliphatic imine (C=N–C) groups is 1. The van der Waals surface area contributed by atoms with Crippen LogP contribution < -0.4 is 5.32 Å². The zero-order valence-corrected chi connectivity index (χ0v) is 14.4. The van der Waals surface area contributed by atoms with Crippen LogP contribution in [0.25, 0.3) is 0 Å². The molecule has 2 rings (SSSR count). The number of para-hydroxylation sites is 1. The average molecular weight is 333 g/mol. The van der Waals surface area contributed by atoms with Gasteiger partial charge in [0.1, 0.15) is 5.25 Å². The van der Waals surface area contributed by atoms with E-state index in [-0.39, 0.29) is 23.5 Å². The van der Waals surface area contributed by atoms with Gasteiger partial charge in [0, 0.05) is 19.5 Å². The predicted octanol–water partition coefficient (Wildman–Crippen LogP) is 2.94. The zero-order valence-electron chi connectivity index (χ0n) is 13.6. The Morgan fingerprint density at radius 1 is 1.30 bits per heavy atom. The highest BCUT2D eigenvalue weighted by atomic mass is 32.2. The number of hydrogen-bond acceptors (Lipinski definition) is 4. The van der Waals surface area contributed by atoms with E-state index in [9.17, 15) is 9.59 Å². The number of amides is 2. The van der Waals surface area contributed by atoms with E-state index in [1.165, 1.54) is 11.8 Å². The third-order valence-electron chi connectivity index (χ3n) is 3.48. The summed E-state index contributed by atoms with van der Waals surface area (Å²) in [5.74, 6) is -0.0980. The molecule has 1 aromatic carbocycles. The number of hydrogen-bond donors (Lipinski definition) is 1. The Balaban J connectivity index is 2.16. The predicted molar refractivity (Wildman–Crippen MR) is 94.8 cm³/mol. The van der Waals surface area contributed by atoms with Crippen molar-refractivity contribution in [2.45, 2.75) is 38.4 Å². The lowest BCUT2D eigenvalue weighted by atomic mass is 10.2. The lowest BCUT2D eigenvalue weighted by Crippen LogP contribution is -2.35. The van der Waals surface area contributed by atoms with Crippen molar-refractivity contribution in [3.05, 3.63) is 30.3 Å². The third-order valence-corrected chi connectivity index (χ3v) is 4.66. The summed E-state index contributed by atoms with van der Waals surface area (Å²) in [4.78, 5) is 30.7. The molecule has 0 unspecified atom stereocenters. The number of nitrogens with one attached hydrogen (secondary N) is 1. The fourth-order valence-corrected chi connectivity index (χ4v) is 3.48. The molecule has 0 radical (unpaired) electrons. The number of unbranched alkanes of at least 4 members (excludes halogenated alkanes) is 1. The highest BCUT2D eigenvalue weighted by Crippen LogP contribution is 2.31. The van der Waals surface area contributed by atoms with Crippen molar-refractivity contribution in [1.82, 2.24) is 10.2 Å². The first-order chi connectivity index (χ1) is 11.2. The number of carbonyl (C=O) groups is 2. The highest BCUT2D eigenvalue weighted by molar-refractivity contribution is 8.15. The fraction of sp³-hybridized carbons (Fsp3) is 0.471. The van der Waals surface area contributed by atoms with Crippen LogP contribution in [0.4, 0.5) is 5.69 Å². The Labute approximate surface area is 141 Å². The van der Waals surface area contributed by atoms with Crippen molar-refractivity contribution in [3.63, 3.8) is 0 Å². The molecule has 124 valence electrons. The maximum absolute atomic E-state index is 12.6. The Hall–Kier alpha value is -1.82. The molecule has 0 aromatic heterocycles. The molecular weight excluding hydrogens is 310 g/mol. The molecule has 0 saturated carbocycles. The van der Waals surface area contributed by atoms with Crippen LogP contribution in [0.5, 0.6) is 0 Å². The largest absolute Gasteiger partial charge is 0.356 e. The molecule has 1 aromatic rings. The van der Waals surface area contributed by atoms with Crippen molar-refractivity contribution in [1.29, 1.82) is 0 Å². The minimum atomic E-state index is -0.374. The zero-order chi connectivity index (χ0) is 16.7. The van der Waals surface area contributed by atoms with Gasteiger partial charge in [-0.25, -0.2) is 4.99 Å². The summed E-state index contributed by atoms with van der Waals surface area (Å²) in [7, 11) is 0. The number of benzene rings is 1. The van der Waals surface area contributed by atoms with Gasteiger partial charge in [0.2, 0.25) is 11.8 Å². The second kappa shape index (κ2) is 8.72. The maximum atomic E-state index is 12.6. The highest BCUT2D eigenvalue weighted by Gasteiger charge is 2.38. The first-order valence-corrected chi connectivity index (χ1v) is 8.92. The van der Waals surface area contributed by atoms with Crippen LogP contribution in [0.3, 0.4) is 0 Å². The second-order valence-electron chi connectivity index (χ2n) is 5.34. The van der Waals surface area contributed by atoms with Gasteiger partial charge in [-0.15, -0.1) is 0 Å². The van der Waals surface area contributed by atoms with E-state index in [0.717, 1.165) is 18.5 Å². The van der Waals surface area contributed by atoms with Crippen LogP contribution in [0.15, 0.2) is 35.3 Å². The summed E-state index contributed by atoms with van der Waals surface area (Å²) in [6, 6.07) is 9.59. The van der Waals surface area contributed by atoms with Crippen LogP contribution in [0.1, 0.15) is 33.1 Å². The van der Waals surface area contributed by atoms with E-state index in [4.69, 9.17) is 0 Å². The van der Waals surface area contributed by atoms with Gasteiger partial charge in [-0.2, -0.15) is 0 Å². The van der Waals surface area contributed by atoms with Crippen molar-refractivity contribution < 1.29 is 9.59 Å². The molecule has 23 heavy (non-hydrogen) atoms. The number of carbonyl (C=O) groups excluding carboxylic acids is 2. The van der Waals surface area contributed by atoms with Gasteiger partial charge in [0.25, 0.3) is 0 Å². The summed E-state index contributed by atoms with van der Waals surface area (Å²) >= 11 is 1.39. The van der Waals surface area contributed by atoms with E-state index in [1.54, 1.807) is 4.90 Å². The molecule has 1 saturated heterocycles. The summed E-state index contributed by atoms with van der Waals surface area (Å²) in [6.07, 6.45) is 2.13. The molecule has 0 aliphatic carbocycles.